The number of halogens is 1. The van der Waals surface area contributed by atoms with E-state index in [1.54, 1.807) is 11.8 Å². The van der Waals surface area contributed by atoms with E-state index < -0.39 is 11.9 Å². The van der Waals surface area contributed by atoms with E-state index in [0.717, 1.165) is 22.9 Å². The summed E-state index contributed by atoms with van der Waals surface area (Å²) in [5, 5.41) is 9.01. The van der Waals surface area contributed by atoms with Crippen molar-refractivity contribution in [3.05, 3.63) is 34.3 Å². The average Bonchev–Trinajstić information content (AvgIpc) is 3.28. The van der Waals surface area contributed by atoms with Crippen molar-refractivity contribution in [2.24, 2.45) is 5.92 Å². The number of hydrogen-bond acceptors (Lipinski definition) is 2. The number of benzene rings is 1. The topological polar surface area (TPSA) is 57.6 Å². The summed E-state index contributed by atoms with van der Waals surface area (Å²) >= 11 is 3.39. The van der Waals surface area contributed by atoms with Gasteiger partial charge in [0.1, 0.15) is 0 Å². The minimum absolute atomic E-state index is 0.0634. The first-order chi connectivity index (χ1) is 9.97. The molecule has 1 unspecified atom stereocenters. The predicted octanol–water partition coefficient (Wildman–Crippen LogP) is 3.09. The fourth-order valence-electron chi connectivity index (χ4n) is 2.26. The van der Waals surface area contributed by atoms with Gasteiger partial charge in [-0.15, -0.1) is 0 Å². The van der Waals surface area contributed by atoms with Gasteiger partial charge >= 0.3 is 5.97 Å². The summed E-state index contributed by atoms with van der Waals surface area (Å²) in [4.78, 5) is 25.1. The smallest absolute Gasteiger partial charge is 0.308 e. The van der Waals surface area contributed by atoms with Crippen LogP contribution in [0.25, 0.3) is 0 Å². The molecule has 1 amide bonds. The Morgan fingerprint density at radius 1 is 1.33 bits per heavy atom. The molecule has 2 rings (SSSR count). The molecule has 0 spiro atoms. The van der Waals surface area contributed by atoms with Crippen molar-refractivity contribution in [3.63, 3.8) is 0 Å². The van der Waals surface area contributed by atoms with Crippen LogP contribution >= 0.6 is 15.9 Å². The van der Waals surface area contributed by atoms with Crippen LogP contribution in [-0.4, -0.2) is 34.5 Å². The number of hydrogen-bond donors (Lipinski definition) is 1. The third-order valence-corrected chi connectivity index (χ3v) is 4.27. The molecule has 0 saturated heterocycles. The standard InChI is InChI=1S/C16H20BrNO3/c1-11(16(20)21)10-18(14-7-8-14)15(19)9-4-12-2-5-13(17)6-3-12/h2-3,5-6,11,14H,4,7-10H2,1H3,(H,20,21). The monoisotopic (exact) mass is 353 g/mol. The SMILES string of the molecule is CC(CN(C(=O)CCc1ccc(Br)cc1)C1CC1)C(=O)O. The minimum Gasteiger partial charge on any atom is -0.481 e. The van der Waals surface area contributed by atoms with Crippen molar-refractivity contribution in [3.8, 4) is 0 Å². The summed E-state index contributed by atoms with van der Waals surface area (Å²) < 4.78 is 1.02. The second-order valence-electron chi connectivity index (χ2n) is 5.64. The summed E-state index contributed by atoms with van der Waals surface area (Å²) in [6, 6.07) is 8.18. The van der Waals surface area contributed by atoms with Crippen LogP contribution in [0.2, 0.25) is 0 Å². The molecule has 21 heavy (non-hydrogen) atoms. The van der Waals surface area contributed by atoms with Crippen LogP contribution in [0, 0.1) is 5.92 Å². The van der Waals surface area contributed by atoms with Crippen molar-refractivity contribution < 1.29 is 14.7 Å². The molecule has 1 N–H and O–H groups in total. The summed E-state index contributed by atoms with van der Waals surface area (Å²) in [5.74, 6) is -1.29. The molecule has 5 heteroatoms. The van der Waals surface area contributed by atoms with Gasteiger partial charge in [0, 0.05) is 23.5 Å². The van der Waals surface area contributed by atoms with Crippen LogP contribution < -0.4 is 0 Å². The number of carbonyl (C=O) groups excluding carboxylic acids is 1. The maximum atomic E-state index is 12.3. The molecule has 1 fully saturated rings. The van der Waals surface area contributed by atoms with Crippen LogP contribution in [0.3, 0.4) is 0 Å². The quantitative estimate of drug-likeness (QED) is 0.819. The molecule has 0 bridgehead atoms. The Morgan fingerprint density at radius 3 is 2.48 bits per heavy atom. The van der Waals surface area contributed by atoms with Gasteiger partial charge < -0.3 is 10.0 Å². The number of carbonyl (C=O) groups is 2. The molecular formula is C16H20BrNO3. The second kappa shape index (κ2) is 7.07. The lowest BCUT2D eigenvalue weighted by atomic mass is 10.1. The zero-order chi connectivity index (χ0) is 15.4. The molecule has 4 nitrogen and oxygen atoms in total. The molecule has 114 valence electrons. The van der Waals surface area contributed by atoms with Gasteiger partial charge in [-0.05, 0) is 37.0 Å². The van der Waals surface area contributed by atoms with Crippen LogP contribution in [0.15, 0.2) is 28.7 Å². The Hall–Kier alpha value is -1.36. The highest BCUT2D eigenvalue weighted by Crippen LogP contribution is 2.28. The number of aliphatic carboxylic acids is 1. The van der Waals surface area contributed by atoms with Gasteiger partial charge in [-0.1, -0.05) is 35.0 Å². The summed E-state index contributed by atoms with van der Waals surface area (Å²) in [7, 11) is 0. The molecular weight excluding hydrogens is 334 g/mol. The van der Waals surface area contributed by atoms with E-state index in [0.29, 0.717) is 19.4 Å². The Labute approximate surface area is 133 Å². The lowest BCUT2D eigenvalue weighted by Crippen LogP contribution is -2.38. The molecule has 1 aliphatic rings. The lowest BCUT2D eigenvalue weighted by Gasteiger charge is -2.24. The average molecular weight is 354 g/mol. The van der Waals surface area contributed by atoms with E-state index in [2.05, 4.69) is 15.9 Å². The van der Waals surface area contributed by atoms with Crippen LogP contribution in [0.1, 0.15) is 31.7 Å². The Kier molecular flexibility index (Phi) is 5.39. The third-order valence-electron chi connectivity index (χ3n) is 3.74. The minimum atomic E-state index is -0.846. The number of rotatable bonds is 7. The van der Waals surface area contributed by atoms with Gasteiger partial charge in [0.05, 0.1) is 5.92 Å². The van der Waals surface area contributed by atoms with E-state index in [1.165, 1.54) is 0 Å². The number of aryl methyl sites for hydroxylation is 1. The molecule has 1 aliphatic carbocycles. The highest BCUT2D eigenvalue weighted by molar-refractivity contribution is 9.10. The fourth-order valence-corrected chi connectivity index (χ4v) is 2.52. The van der Waals surface area contributed by atoms with Crippen LogP contribution in [0.4, 0.5) is 0 Å². The maximum absolute atomic E-state index is 12.3. The highest BCUT2D eigenvalue weighted by atomic mass is 79.9. The molecule has 0 radical (unpaired) electrons. The van der Waals surface area contributed by atoms with Gasteiger partial charge in [0.15, 0.2) is 0 Å². The van der Waals surface area contributed by atoms with Gasteiger partial charge in [0.2, 0.25) is 5.91 Å². The zero-order valence-electron chi connectivity index (χ0n) is 12.1. The Balaban J connectivity index is 1.89. The first kappa shape index (κ1) is 16.0. The third kappa shape index (κ3) is 4.84. The first-order valence-corrected chi connectivity index (χ1v) is 8.03. The van der Waals surface area contributed by atoms with E-state index in [4.69, 9.17) is 5.11 Å². The van der Waals surface area contributed by atoms with Crippen molar-refractivity contribution in [1.82, 2.24) is 4.90 Å². The van der Waals surface area contributed by atoms with Gasteiger partial charge in [-0.2, -0.15) is 0 Å². The normalized spacial score (nSPS) is 15.5. The van der Waals surface area contributed by atoms with Crippen LogP contribution in [-0.2, 0) is 16.0 Å². The molecule has 1 aromatic rings. The van der Waals surface area contributed by atoms with Crippen LogP contribution in [0.5, 0.6) is 0 Å². The zero-order valence-corrected chi connectivity index (χ0v) is 13.7. The first-order valence-electron chi connectivity index (χ1n) is 7.24. The highest BCUT2D eigenvalue weighted by Gasteiger charge is 2.34. The van der Waals surface area contributed by atoms with Gasteiger partial charge in [-0.25, -0.2) is 0 Å². The fraction of sp³-hybridized carbons (Fsp3) is 0.500. The predicted molar refractivity (Wildman–Crippen MR) is 84.0 cm³/mol. The van der Waals surface area contributed by atoms with Crippen molar-refractivity contribution in [2.75, 3.05) is 6.54 Å². The van der Waals surface area contributed by atoms with E-state index >= 15 is 0 Å². The van der Waals surface area contributed by atoms with Crippen molar-refractivity contribution in [2.45, 2.75) is 38.6 Å². The Bertz CT molecular complexity index is 511. The number of carboxylic acid groups (broad SMARTS) is 1. The summed E-state index contributed by atoms with van der Waals surface area (Å²) in [6.45, 7) is 1.97. The molecule has 1 aromatic carbocycles. The Morgan fingerprint density at radius 2 is 1.95 bits per heavy atom. The number of nitrogens with zero attached hydrogens (tertiary/aromatic N) is 1. The van der Waals surface area contributed by atoms with E-state index in [9.17, 15) is 9.59 Å². The maximum Gasteiger partial charge on any atom is 0.308 e. The molecule has 1 saturated carbocycles. The lowest BCUT2D eigenvalue weighted by molar-refractivity contribution is -0.143. The van der Waals surface area contributed by atoms with Crippen molar-refractivity contribution in [1.29, 1.82) is 0 Å². The van der Waals surface area contributed by atoms with E-state index in [-0.39, 0.29) is 11.9 Å². The number of carboxylic acids is 1. The molecule has 1 atom stereocenters. The molecule has 0 aromatic heterocycles. The van der Waals surface area contributed by atoms with Gasteiger partial charge in [0.25, 0.3) is 0 Å². The largest absolute Gasteiger partial charge is 0.481 e. The van der Waals surface area contributed by atoms with Gasteiger partial charge in [-0.3, -0.25) is 9.59 Å². The van der Waals surface area contributed by atoms with E-state index in [1.807, 2.05) is 24.3 Å². The number of amides is 1. The summed E-state index contributed by atoms with van der Waals surface area (Å²) in [6.07, 6.45) is 3.12. The summed E-state index contributed by atoms with van der Waals surface area (Å²) in [5.41, 5.74) is 1.12. The molecule has 0 aliphatic heterocycles. The molecule has 0 heterocycles. The van der Waals surface area contributed by atoms with Crippen molar-refractivity contribution >= 4 is 27.8 Å². The second-order valence-corrected chi connectivity index (χ2v) is 6.56.